The fraction of sp³-hybridized carbons (Fsp3) is 0. The fourth-order valence-corrected chi connectivity index (χ4v) is 8.26. The van der Waals surface area contributed by atoms with Crippen molar-refractivity contribution in [3.63, 3.8) is 0 Å². The highest BCUT2D eigenvalue weighted by atomic mass is 16.4. The van der Waals surface area contributed by atoms with E-state index in [1.165, 1.54) is 0 Å². The lowest BCUT2D eigenvalue weighted by atomic mass is 9.85. The van der Waals surface area contributed by atoms with Crippen LogP contribution in [0, 0.1) is 0 Å². The van der Waals surface area contributed by atoms with Gasteiger partial charge in [0.05, 0.1) is 22.7 Å². The lowest BCUT2D eigenvalue weighted by Gasteiger charge is -2.20. The number of benzene rings is 9. The van der Waals surface area contributed by atoms with Gasteiger partial charge in [-0.15, -0.1) is 10.2 Å². The largest absolute Gasteiger partial charge is 0.403 e. The second kappa shape index (κ2) is 15.9. The van der Waals surface area contributed by atoms with Crippen LogP contribution in [0.4, 0.5) is 34.8 Å². The van der Waals surface area contributed by atoms with E-state index in [0.29, 0.717) is 23.8 Å². The Balaban J connectivity index is 0.992. The van der Waals surface area contributed by atoms with Crippen LogP contribution in [0.5, 0.6) is 0 Å². The Hall–Kier alpha value is -8.62. The van der Waals surface area contributed by atoms with E-state index in [9.17, 15) is 0 Å². The van der Waals surface area contributed by atoms with E-state index in [2.05, 4.69) is 105 Å². The van der Waals surface area contributed by atoms with Crippen molar-refractivity contribution < 1.29 is 8.83 Å². The molecule has 0 unspecified atom stereocenters. The number of hydrogen-bond acceptors (Lipinski definition) is 8. The van der Waals surface area contributed by atoms with Crippen molar-refractivity contribution in [1.29, 1.82) is 0 Å². The standard InChI is InChI=1S/C54H36N6O2/c1-5-23-41(24-6-1)59(42-25-7-2-8-26-42)53-57-55-51(61-53)39-21-17-19-37(35-39)49-45-31-13-15-33-47(45)50(48-34-16-14-32-46(48)49)38-20-18-22-40(36-38)52-56-58-54(62-52)60(43-27-9-3-10-28-43)44-29-11-4-12-30-44/h1-36H. The van der Waals surface area contributed by atoms with Crippen LogP contribution in [0.25, 0.3) is 66.7 Å². The molecule has 2 heterocycles. The Bertz CT molecular complexity index is 2960. The van der Waals surface area contributed by atoms with Crippen LogP contribution in [0.1, 0.15) is 0 Å². The summed E-state index contributed by atoms with van der Waals surface area (Å²) in [6.45, 7) is 0. The Morgan fingerprint density at radius 1 is 0.274 bits per heavy atom. The Morgan fingerprint density at radius 3 is 0.887 bits per heavy atom. The highest BCUT2D eigenvalue weighted by Crippen LogP contribution is 2.45. The van der Waals surface area contributed by atoms with Gasteiger partial charge in [-0.25, -0.2) is 0 Å². The van der Waals surface area contributed by atoms with Crippen molar-refractivity contribution in [2.75, 3.05) is 9.80 Å². The zero-order chi connectivity index (χ0) is 41.2. The van der Waals surface area contributed by atoms with E-state index >= 15 is 0 Å². The van der Waals surface area contributed by atoms with Crippen molar-refractivity contribution in [3.05, 3.63) is 218 Å². The molecule has 2 aromatic heterocycles. The molecule has 8 heteroatoms. The second-order valence-electron chi connectivity index (χ2n) is 14.8. The summed E-state index contributed by atoms with van der Waals surface area (Å²) < 4.78 is 12.9. The van der Waals surface area contributed by atoms with Crippen LogP contribution < -0.4 is 9.80 Å². The van der Waals surface area contributed by atoms with Gasteiger partial charge in [-0.3, -0.25) is 9.80 Å². The molecule has 62 heavy (non-hydrogen) atoms. The third-order valence-electron chi connectivity index (χ3n) is 11.0. The van der Waals surface area contributed by atoms with Gasteiger partial charge in [0.2, 0.25) is 11.8 Å². The van der Waals surface area contributed by atoms with Gasteiger partial charge >= 0.3 is 12.0 Å². The SMILES string of the molecule is c1ccc(N(c2ccccc2)c2nnc(-c3cccc(-c4c5ccccc5c(-c5cccc(-c6nnc(N(c7ccccc7)c7ccccc7)o6)c5)c5ccccc45)c3)o2)cc1. The van der Waals surface area contributed by atoms with E-state index in [-0.39, 0.29) is 0 Å². The van der Waals surface area contributed by atoms with Gasteiger partial charge in [0.15, 0.2) is 0 Å². The average molecular weight is 801 g/mol. The third-order valence-corrected chi connectivity index (χ3v) is 11.0. The first-order valence-corrected chi connectivity index (χ1v) is 20.4. The molecule has 0 saturated carbocycles. The third kappa shape index (κ3) is 6.71. The first-order valence-electron chi connectivity index (χ1n) is 20.4. The lowest BCUT2D eigenvalue weighted by molar-refractivity contribution is 0.575. The molecule has 0 atom stereocenters. The smallest absolute Gasteiger partial charge is 0.327 e. The molecule has 0 radical (unpaired) electrons. The molecule has 0 aliphatic carbocycles. The summed E-state index contributed by atoms with van der Waals surface area (Å²) in [7, 11) is 0. The van der Waals surface area contributed by atoms with Gasteiger partial charge in [-0.2, -0.15) is 0 Å². The highest BCUT2D eigenvalue weighted by molar-refractivity contribution is 6.21. The van der Waals surface area contributed by atoms with Crippen LogP contribution >= 0.6 is 0 Å². The first-order chi connectivity index (χ1) is 30.8. The number of hydrogen-bond donors (Lipinski definition) is 0. The molecule has 9 aromatic carbocycles. The molecular weight excluding hydrogens is 765 g/mol. The van der Waals surface area contributed by atoms with Crippen LogP contribution in [0.3, 0.4) is 0 Å². The summed E-state index contributed by atoms with van der Waals surface area (Å²) in [5, 5.41) is 22.7. The van der Waals surface area contributed by atoms with Crippen molar-refractivity contribution >= 4 is 56.3 Å². The van der Waals surface area contributed by atoms with Gasteiger partial charge in [-0.1, -0.05) is 156 Å². The molecule has 0 aliphatic rings. The van der Waals surface area contributed by atoms with Gasteiger partial charge in [0, 0.05) is 11.1 Å². The van der Waals surface area contributed by atoms with Gasteiger partial charge in [0.25, 0.3) is 0 Å². The van der Waals surface area contributed by atoms with Crippen molar-refractivity contribution in [2.24, 2.45) is 0 Å². The number of anilines is 6. The molecular formula is C54H36N6O2. The average Bonchev–Trinajstić information content (AvgIpc) is 4.04. The maximum absolute atomic E-state index is 6.47. The summed E-state index contributed by atoms with van der Waals surface area (Å²) in [6, 6.07) is 74.9. The van der Waals surface area contributed by atoms with Crippen LogP contribution in [-0.2, 0) is 0 Å². The summed E-state index contributed by atoms with van der Waals surface area (Å²) in [6.07, 6.45) is 0. The van der Waals surface area contributed by atoms with Crippen LogP contribution in [0.15, 0.2) is 227 Å². The minimum absolute atomic E-state index is 0.381. The molecule has 0 N–H and O–H groups in total. The van der Waals surface area contributed by atoms with Gasteiger partial charge in [0.1, 0.15) is 0 Å². The minimum atomic E-state index is 0.381. The molecule has 0 amide bonds. The van der Waals surface area contributed by atoms with E-state index in [4.69, 9.17) is 8.83 Å². The highest BCUT2D eigenvalue weighted by Gasteiger charge is 2.23. The molecule has 0 saturated heterocycles. The normalized spacial score (nSPS) is 11.2. The summed E-state index contributed by atoms with van der Waals surface area (Å²) in [5.74, 6) is 0.862. The zero-order valence-corrected chi connectivity index (χ0v) is 33.3. The zero-order valence-electron chi connectivity index (χ0n) is 33.3. The molecule has 0 aliphatic heterocycles. The molecule has 0 bridgehead atoms. The number of nitrogens with zero attached hydrogens (tertiary/aromatic N) is 6. The van der Waals surface area contributed by atoms with Crippen molar-refractivity contribution in [3.8, 4) is 45.2 Å². The van der Waals surface area contributed by atoms with Crippen LogP contribution in [0.2, 0.25) is 0 Å². The van der Waals surface area contributed by atoms with Gasteiger partial charge in [-0.05, 0) is 117 Å². The number of para-hydroxylation sites is 4. The lowest BCUT2D eigenvalue weighted by Crippen LogP contribution is -2.09. The van der Waals surface area contributed by atoms with E-state index in [1.807, 2.05) is 143 Å². The quantitative estimate of drug-likeness (QED) is 0.126. The monoisotopic (exact) mass is 800 g/mol. The molecule has 11 rings (SSSR count). The summed E-state index contributed by atoms with van der Waals surface area (Å²) >= 11 is 0. The van der Waals surface area contributed by atoms with Crippen molar-refractivity contribution in [2.45, 2.75) is 0 Å². The first kappa shape index (κ1) is 36.5. The van der Waals surface area contributed by atoms with E-state index in [0.717, 1.165) is 77.7 Å². The Kier molecular flexibility index (Phi) is 9.33. The maximum Gasteiger partial charge on any atom is 0.327 e. The maximum atomic E-state index is 6.47. The Morgan fingerprint density at radius 2 is 0.565 bits per heavy atom. The molecule has 11 aromatic rings. The predicted octanol–water partition coefficient (Wildman–Crippen LogP) is 14.4. The number of rotatable bonds is 10. The predicted molar refractivity (Wildman–Crippen MR) is 248 cm³/mol. The second-order valence-corrected chi connectivity index (χ2v) is 14.8. The number of aromatic nitrogens is 4. The topological polar surface area (TPSA) is 84.3 Å². The summed E-state index contributed by atoms with van der Waals surface area (Å²) in [4.78, 5) is 3.94. The van der Waals surface area contributed by atoms with Crippen molar-refractivity contribution in [1.82, 2.24) is 20.4 Å². The molecule has 0 fully saturated rings. The minimum Gasteiger partial charge on any atom is -0.403 e. The van der Waals surface area contributed by atoms with Gasteiger partial charge < -0.3 is 8.83 Å². The Labute approximate surface area is 357 Å². The van der Waals surface area contributed by atoms with Crippen LogP contribution in [-0.4, -0.2) is 20.4 Å². The van der Waals surface area contributed by atoms with E-state index in [1.54, 1.807) is 0 Å². The molecule has 294 valence electrons. The molecule has 8 nitrogen and oxygen atoms in total. The number of fused-ring (bicyclic) bond motifs is 2. The molecule has 0 spiro atoms. The summed E-state index contributed by atoms with van der Waals surface area (Å²) in [5.41, 5.74) is 9.66. The fourth-order valence-electron chi connectivity index (χ4n) is 8.26. The van der Waals surface area contributed by atoms with E-state index < -0.39 is 0 Å².